The molecule has 4 rings (SSSR count). The number of rotatable bonds is 4. The standard InChI is InChI=1S/C22H18N4O5/c1-31-17-7-6-16-12-26(19(27)18(16)10-17)13-22(20(28)24-21(29)25-22)9-8-14-2-4-15(5-3-14)11-23-30/h2-7,10-11,30H,12-13H2,1H3,(H2,24,25,28,29)/b23-11+/t22-/m1/s1. The number of urea groups is 1. The molecule has 9 nitrogen and oxygen atoms in total. The molecule has 0 aliphatic carbocycles. The van der Waals surface area contributed by atoms with Crippen molar-refractivity contribution in [2.45, 2.75) is 12.1 Å². The van der Waals surface area contributed by atoms with Gasteiger partial charge >= 0.3 is 6.03 Å². The summed E-state index contributed by atoms with van der Waals surface area (Å²) in [5.41, 5.74) is 0.979. The van der Waals surface area contributed by atoms with E-state index in [9.17, 15) is 14.4 Å². The third kappa shape index (κ3) is 3.79. The number of oxime groups is 1. The molecule has 0 radical (unpaired) electrons. The average Bonchev–Trinajstić information content (AvgIpc) is 3.22. The minimum Gasteiger partial charge on any atom is -0.497 e. The molecule has 2 heterocycles. The molecule has 2 aromatic rings. The minimum atomic E-state index is -1.58. The quantitative estimate of drug-likeness (QED) is 0.226. The van der Waals surface area contributed by atoms with Gasteiger partial charge in [-0.1, -0.05) is 35.2 Å². The van der Waals surface area contributed by atoms with Crippen LogP contribution in [0.3, 0.4) is 0 Å². The number of nitrogens with zero attached hydrogens (tertiary/aromatic N) is 2. The second kappa shape index (κ2) is 7.84. The molecule has 4 amide bonds. The summed E-state index contributed by atoms with van der Waals surface area (Å²) in [6.07, 6.45) is 1.27. The maximum Gasteiger partial charge on any atom is 0.323 e. The van der Waals surface area contributed by atoms with Gasteiger partial charge in [-0.2, -0.15) is 0 Å². The van der Waals surface area contributed by atoms with Crippen molar-refractivity contribution in [2.24, 2.45) is 5.16 Å². The van der Waals surface area contributed by atoms with Gasteiger partial charge < -0.3 is 20.2 Å². The van der Waals surface area contributed by atoms with Crippen LogP contribution in [0.5, 0.6) is 5.75 Å². The van der Waals surface area contributed by atoms with Crippen LogP contribution in [0.2, 0.25) is 0 Å². The van der Waals surface area contributed by atoms with Crippen LogP contribution in [-0.4, -0.2) is 53.4 Å². The maximum absolute atomic E-state index is 12.9. The van der Waals surface area contributed by atoms with Crippen LogP contribution in [-0.2, 0) is 11.3 Å². The van der Waals surface area contributed by atoms with E-state index in [4.69, 9.17) is 9.94 Å². The Morgan fingerprint density at radius 2 is 2.00 bits per heavy atom. The summed E-state index contributed by atoms with van der Waals surface area (Å²) in [6.45, 7) is 0.183. The molecular weight excluding hydrogens is 400 g/mol. The summed E-state index contributed by atoms with van der Waals surface area (Å²) in [7, 11) is 1.52. The molecule has 2 aromatic carbocycles. The predicted molar refractivity (Wildman–Crippen MR) is 110 cm³/mol. The van der Waals surface area contributed by atoms with Gasteiger partial charge in [-0.15, -0.1) is 0 Å². The van der Waals surface area contributed by atoms with Gasteiger partial charge in [-0.05, 0) is 35.4 Å². The first-order chi connectivity index (χ1) is 14.9. The number of ether oxygens (including phenoxy) is 1. The topological polar surface area (TPSA) is 120 Å². The summed E-state index contributed by atoms with van der Waals surface area (Å²) in [6, 6.07) is 11.3. The Balaban J connectivity index is 1.62. The highest BCUT2D eigenvalue weighted by Gasteiger charge is 2.48. The Kier molecular flexibility index (Phi) is 5.05. The maximum atomic E-state index is 12.9. The SMILES string of the molecule is COc1ccc2c(c1)C(=O)N(C[C@@]1(C#Cc3ccc(/C=N/O)cc3)NC(=O)NC1=O)C2. The highest BCUT2D eigenvalue weighted by atomic mass is 16.5. The molecule has 0 spiro atoms. The van der Waals surface area contributed by atoms with Crippen molar-refractivity contribution < 1.29 is 24.3 Å². The van der Waals surface area contributed by atoms with Crippen LogP contribution < -0.4 is 15.4 Å². The molecule has 1 fully saturated rings. The number of imide groups is 1. The number of amides is 4. The van der Waals surface area contributed by atoms with Crippen LogP contribution >= 0.6 is 0 Å². The zero-order chi connectivity index (χ0) is 22.0. The molecule has 2 aliphatic heterocycles. The van der Waals surface area contributed by atoms with E-state index in [1.807, 2.05) is 0 Å². The fourth-order valence-electron chi connectivity index (χ4n) is 3.51. The summed E-state index contributed by atoms with van der Waals surface area (Å²) >= 11 is 0. The lowest BCUT2D eigenvalue weighted by Gasteiger charge is -2.26. The number of hydrogen-bond acceptors (Lipinski definition) is 6. The molecule has 1 saturated heterocycles. The zero-order valence-corrected chi connectivity index (χ0v) is 16.5. The number of carbonyl (C=O) groups excluding carboxylic acids is 3. The van der Waals surface area contributed by atoms with Gasteiger partial charge in [0.15, 0.2) is 0 Å². The zero-order valence-electron chi connectivity index (χ0n) is 16.5. The van der Waals surface area contributed by atoms with Crippen LogP contribution in [0, 0.1) is 11.8 Å². The Morgan fingerprint density at radius 1 is 1.23 bits per heavy atom. The summed E-state index contributed by atoms with van der Waals surface area (Å²) in [4.78, 5) is 38.9. The third-order valence-electron chi connectivity index (χ3n) is 5.10. The minimum absolute atomic E-state index is 0.108. The molecule has 0 bridgehead atoms. The first-order valence-electron chi connectivity index (χ1n) is 9.34. The normalized spacial score (nSPS) is 19.6. The summed E-state index contributed by atoms with van der Waals surface area (Å²) < 4.78 is 5.18. The molecule has 2 aliphatic rings. The van der Waals surface area contributed by atoms with Gasteiger partial charge in [-0.25, -0.2) is 4.79 Å². The van der Waals surface area contributed by atoms with E-state index in [0.717, 1.165) is 5.56 Å². The molecule has 156 valence electrons. The number of nitrogens with one attached hydrogen (secondary N) is 2. The lowest BCUT2D eigenvalue weighted by atomic mass is 9.99. The van der Waals surface area contributed by atoms with Crippen LogP contribution in [0.4, 0.5) is 4.79 Å². The summed E-state index contributed by atoms with van der Waals surface area (Å²) in [5, 5.41) is 16.3. The van der Waals surface area contributed by atoms with Crippen molar-refractivity contribution in [3.8, 4) is 17.6 Å². The monoisotopic (exact) mass is 418 g/mol. The fourth-order valence-corrected chi connectivity index (χ4v) is 3.51. The Morgan fingerprint density at radius 3 is 2.65 bits per heavy atom. The van der Waals surface area contributed by atoms with Crippen molar-refractivity contribution in [1.29, 1.82) is 0 Å². The smallest absolute Gasteiger partial charge is 0.323 e. The van der Waals surface area contributed by atoms with Gasteiger partial charge in [0.25, 0.3) is 11.8 Å². The number of benzene rings is 2. The van der Waals surface area contributed by atoms with Crippen molar-refractivity contribution in [1.82, 2.24) is 15.5 Å². The van der Waals surface area contributed by atoms with Crippen LogP contribution in [0.25, 0.3) is 0 Å². The lowest BCUT2D eigenvalue weighted by Crippen LogP contribution is -2.54. The van der Waals surface area contributed by atoms with E-state index in [1.54, 1.807) is 42.5 Å². The summed E-state index contributed by atoms with van der Waals surface area (Å²) in [5.74, 6) is 5.41. The molecule has 9 heteroatoms. The Labute approximate surface area is 177 Å². The van der Waals surface area contributed by atoms with Crippen molar-refractivity contribution in [2.75, 3.05) is 13.7 Å². The molecule has 1 atom stereocenters. The van der Waals surface area contributed by atoms with Gasteiger partial charge in [0.2, 0.25) is 5.54 Å². The van der Waals surface area contributed by atoms with E-state index in [0.29, 0.717) is 29.0 Å². The Bertz CT molecular complexity index is 1160. The average molecular weight is 418 g/mol. The van der Waals surface area contributed by atoms with Gasteiger partial charge in [-0.3, -0.25) is 14.9 Å². The molecular formula is C22H18N4O5. The van der Waals surface area contributed by atoms with Crippen molar-refractivity contribution in [3.05, 3.63) is 64.7 Å². The van der Waals surface area contributed by atoms with Gasteiger partial charge in [0.1, 0.15) is 5.75 Å². The second-order valence-electron chi connectivity index (χ2n) is 7.11. The van der Waals surface area contributed by atoms with Gasteiger partial charge in [0, 0.05) is 17.7 Å². The molecule has 0 saturated carbocycles. The van der Waals surface area contributed by atoms with E-state index in [1.165, 1.54) is 18.2 Å². The molecule has 0 aromatic heterocycles. The highest BCUT2D eigenvalue weighted by Crippen LogP contribution is 2.28. The molecule has 31 heavy (non-hydrogen) atoms. The van der Waals surface area contributed by atoms with Crippen molar-refractivity contribution >= 4 is 24.1 Å². The highest BCUT2D eigenvalue weighted by molar-refractivity contribution is 6.10. The fraction of sp³-hybridized carbons (Fsp3) is 0.182. The van der Waals surface area contributed by atoms with Crippen LogP contribution in [0.15, 0.2) is 47.6 Å². The van der Waals surface area contributed by atoms with E-state index < -0.39 is 17.5 Å². The Hall–Kier alpha value is -4.32. The second-order valence-corrected chi connectivity index (χ2v) is 7.11. The third-order valence-corrected chi connectivity index (χ3v) is 5.10. The van der Waals surface area contributed by atoms with E-state index in [2.05, 4.69) is 27.6 Å². The van der Waals surface area contributed by atoms with E-state index in [-0.39, 0.29) is 12.5 Å². The predicted octanol–water partition coefficient (Wildman–Crippen LogP) is 1.09. The number of fused-ring (bicyclic) bond motifs is 1. The molecule has 0 unspecified atom stereocenters. The first kappa shape index (κ1) is 20.0. The first-order valence-corrected chi connectivity index (χ1v) is 9.34. The lowest BCUT2D eigenvalue weighted by molar-refractivity contribution is -0.122. The number of methoxy groups -OCH3 is 1. The molecule has 3 N–H and O–H groups in total. The van der Waals surface area contributed by atoms with E-state index >= 15 is 0 Å². The van der Waals surface area contributed by atoms with Crippen molar-refractivity contribution in [3.63, 3.8) is 0 Å². The van der Waals surface area contributed by atoms with Crippen LogP contribution in [0.1, 0.15) is 27.0 Å². The number of carbonyl (C=O) groups is 3. The number of hydrogen-bond donors (Lipinski definition) is 3. The van der Waals surface area contributed by atoms with Gasteiger partial charge in [0.05, 0.1) is 19.9 Å². The largest absolute Gasteiger partial charge is 0.497 e.